The third-order valence-electron chi connectivity index (χ3n) is 5.19. The molecule has 1 amide bonds. The molecule has 2 aromatic rings. The summed E-state index contributed by atoms with van der Waals surface area (Å²) in [5.74, 6) is 0.364. The molecule has 0 aliphatic carbocycles. The molecule has 4 atom stereocenters. The van der Waals surface area contributed by atoms with Crippen LogP contribution in [0.1, 0.15) is 36.7 Å². The SMILES string of the molecule is CC1C(NC(=O)c2ccc3cncc(Br)c3n2)CC2CCC1N2. The van der Waals surface area contributed by atoms with Gasteiger partial charge in [-0.15, -0.1) is 0 Å². The molecule has 0 aromatic carbocycles. The predicted molar refractivity (Wildman–Crippen MR) is 92.2 cm³/mol. The lowest BCUT2D eigenvalue weighted by molar-refractivity contribution is 0.0896. The zero-order valence-corrected chi connectivity index (χ0v) is 14.5. The maximum absolute atomic E-state index is 12.6. The van der Waals surface area contributed by atoms with Crippen molar-refractivity contribution in [3.63, 3.8) is 0 Å². The summed E-state index contributed by atoms with van der Waals surface area (Å²) in [4.78, 5) is 21.2. The van der Waals surface area contributed by atoms with Gasteiger partial charge < -0.3 is 10.6 Å². The van der Waals surface area contributed by atoms with E-state index in [-0.39, 0.29) is 11.9 Å². The van der Waals surface area contributed by atoms with Crippen LogP contribution in [0.25, 0.3) is 10.9 Å². The van der Waals surface area contributed by atoms with Crippen LogP contribution in [0.15, 0.2) is 29.0 Å². The highest BCUT2D eigenvalue weighted by Gasteiger charge is 2.39. The molecule has 2 saturated heterocycles. The number of fused-ring (bicyclic) bond motifs is 3. The van der Waals surface area contributed by atoms with E-state index in [0.29, 0.717) is 23.7 Å². The van der Waals surface area contributed by atoms with Crippen molar-refractivity contribution >= 4 is 32.7 Å². The van der Waals surface area contributed by atoms with Crippen molar-refractivity contribution in [1.82, 2.24) is 20.6 Å². The number of carbonyl (C=O) groups excluding carboxylic acids is 1. The van der Waals surface area contributed by atoms with Crippen molar-refractivity contribution in [2.24, 2.45) is 5.92 Å². The molecule has 120 valence electrons. The average Bonchev–Trinajstić information content (AvgIpc) is 2.96. The van der Waals surface area contributed by atoms with Gasteiger partial charge in [0.15, 0.2) is 0 Å². The molecule has 2 N–H and O–H groups in total. The number of rotatable bonds is 2. The number of carbonyl (C=O) groups is 1. The number of hydrogen-bond acceptors (Lipinski definition) is 4. The molecule has 2 aliphatic heterocycles. The van der Waals surface area contributed by atoms with Crippen LogP contribution in [-0.2, 0) is 0 Å². The summed E-state index contributed by atoms with van der Waals surface area (Å²) >= 11 is 3.45. The first-order valence-electron chi connectivity index (χ1n) is 8.09. The number of halogens is 1. The number of amides is 1. The first kappa shape index (κ1) is 15.0. The second-order valence-electron chi connectivity index (χ2n) is 6.61. The average molecular weight is 375 g/mol. The molecule has 2 aliphatic rings. The lowest BCUT2D eigenvalue weighted by Crippen LogP contribution is -2.53. The zero-order chi connectivity index (χ0) is 16.0. The maximum atomic E-state index is 12.6. The van der Waals surface area contributed by atoms with E-state index in [2.05, 4.69) is 43.5 Å². The molecule has 2 bridgehead atoms. The fourth-order valence-electron chi connectivity index (χ4n) is 3.82. The number of nitrogens with zero attached hydrogens (tertiary/aromatic N) is 2. The van der Waals surface area contributed by atoms with Gasteiger partial charge in [0.2, 0.25) is 0 Å². The van der Waals surface area contributed by atoms with Crippen LogP contribution in [0.3, 0.4) is 0 Å². The Labute approximate surface area is 143 Å². The molecule has 5 nitrogen and oxygen atoms in total. The summed E-state index contributed by atoms with van der Waals surface area (Å²) in [7, 11) is 0. The number of hydrogen-bond donors (Lipinski definition) is 2. The van der Waals surface area contributed by atoms with E-state index in [4.69, 9.17) is 0 Å². The first-order chi connectivity index (χ1) is 11.1. The molecule has 4 unspecified atom stereocenters. The van der Waals surface area contributed by atoms with E-state index in [1.54, 1.807) is 18.5 Å². The van der Waals surface area contributed by atoms with Gasteiger partial charge in [-0.1, -0.05) is 6.92 Å². The molecule has 0 spiro atoms. The van der Waals surface area contributed by atoms with Crippen molar-refractivity contribution in [2.75, 3.05) is 0 Å². The Kier molecular flexibility index (Phi) is 3.81. The van der Waals surface area contributed by atoms with Crippen molar-refractivity contribution in [3.05, 3.63) is 34.7 Å². The minimum atomic E-state index is -0.0891. The minimum absolute atomic E-state index is 0.0891. The molecular weight excluding hydrogens is 356 g/mol. The lowest BCUT2D eigenvalue weighted by Gasteiger charge is -2.35. The van der Waals surface area contributed by atoms with E-state index in [0.717, 1.165) is 21.8 Å². The van der Waals surface area contributed by atoms with Gasteiger partial charge in [-0.3, -0.25) is 9.78 Å². The summed E-state index contributed by atoms with van der Waals surface area (Å²) in [6.45, 7) is 2.22. The molecule has 23 heavy (non-hydrogen) atoms. The molecule has 0 radical (unpaired) electrons. The Morgan fingerprint density at radius 3 is 3.09 bits per heavy atom. The van der Waals surface area contributed by atoms with Crippen molar-refractivity contribution in [1.29, 1.82) is 0 Å². The molecule has 2 aromatic heterocycles. The Morgan fingerprint density at radius 2 is 2.22 bits per heavy atom. The minimum Gasteiger partial charge on any atom is -0.348 e. The normalized spacial score (nSPS) is 29.7. The second kappa shape index (κ2) is 5.83. The van der Waals surface area contributed by atoms with Gasteiger partial charge in [-0.05, 0) is 53.2 Å². The topological polar surface area (TPSA) is 66.9 Å². The van der Waals surface area contributed by atoms with E-state index in [9.17, 15) is 4.79 Å². The van der Waals surface area contributed by atoms with Gasteiger partial charge in [-0.2, -0.15) is 0 Å². The molecule has 0 saturated carbocycles. The van der Waals surface area contributed by atoms with Crippen LogP contribution in [0.2, 0.25) is 0 Å². The highest BCUT2D eigenvalue weighted by molar-refractivity contribution is 9.10. The zero-order valence-electron chi connectivity index (χ0n) is 12.9. The first-order valence-corrected chi connectivity index (χ1v) is 8.88. The van der Waals surface area contributed by atoms with Crippen molar-refractivity contribution in [3.8, 4) is 0 Å². The lowest BCUT2D eigenvalue weighted by atomic mass is 9.88. The molecule has 4 heterocycles. The monoisotopic (exact) mass is 374 g/mol. The van der Waals surface area contributed by atoms with E-state index in [1.165, 1.54) is 12.8 Å². The number of pyridine rings is 2. The highest BCUT2D eigenvalue weighted by Crippen LogP contribution is 2.31. The van der Waals surface area contributed by atoms with Gasteiger partial charge >= 0.3 is 0 Å². The van der Waals surface area contributed by atoms with Gasteiger partial charge in [0.1, 0.15) is 5.69 Å². The van der Waals surface area contributed by atoms with Gasteiger partial charge in [0.25, 0.3) is 5.91 Å². The quantitative estimate of drug-likeness (QED) is 0.847. The summed E-state index contributed by atoms with van der Waals surface area (Å²) in [6, 6.07) is 4.96. The number of piperidine rings is 1. The van der Waals surface area contributed by atoms with Crippen LogP contribution in [0, 0.1) is 5.92 Å². The number of aromatic nitrogens is 2. The number of nitrogens with one attached hydrogen (secondary N) is 2. The Morgan fingerprint density at radius 1 is 1.35 bits per heavy atom. The fraction of sp³-hybridized carbons (Fsp3) is 0.471. The standard InChI is InChI=1S/C17H19BrN4O/c1-9-13-5-3-11(20-13)6-15(9)22-17(23)14-4-2-10-7-19-8-12(18)16(10)21-14/h2,4,7-9,11,13,15,20H,3,5-6H2,1H3,(H,22,23). The Balaban J connectivity index is 1.56. The van der Waals surface area contributed by atoms with Gasteiger partial charge in [0, 0.05) is 35.9 Å². The molecular formula is C17H19BrN4O. The Bertz CT molecular complexity index is 765. The smallest absolute Gasteiger partial charge is 0.270 e. The van der Waals surface area contributed by atoms with Crippen molar-refractivity contribution in [2.45, 2.75) is 44.3 Å². The predicted octanol–water partition coefficient (Wildman–Crippen LogP) is 2.65. The maximum Gasteiger partial charge on any atom is 0.270 e. The highest BCUT2D eigenvalue weighted by atomic mass is 79.9. The summed E-state index contributed by atoms with van der Waals surface area (Å²) in [5.41, 5.74) is 1.23. The van der Waals surface area contributed by atoms with Crippen LogP contribution >= 0.6 is 15.9 Å². The van der Waals surface area contributed by atoms with Gasteiger partial charge in [-0.25, -0.2) is 4.98 Å². The molecule has 2 fully saturated rings. The van der Waals surface area contributed by atoms with Crippen molar-refractivity contribution < 1.29 is 4.79 Å². The summed E-state index contributed by atoms with van der Waals surface area (Å²) in [6.07, 6.45) is 6.89. The summed E-state index contributed by atoms with van der Waals surface area (Å²) < 4.78 is 0.804. The van der Waals surface area contributed by atoms with Crippen LogP contribution in [-0.4, -0.2) is 34.0 Å². The van der Waals surface area contributed by atoms with E-state index < -0.39 is 0 Å². The Hall–Kier alpha value is -1.53. The van der Waals surface area contributed by atoms with Crippen LogP contribution in [0.5, 0.6) is 0 Å². The van der Waals surface area contributed by atoms with Crippen LogP contribution < -0.4 is 10.6 Å². The largest absolute Gasteiger partial charge is 0.348 e. The fourth-order valence-corrected chi connectivity index (χ4v) is 4.26. The third kappa shape index (κ3) is 2.74. The molecule has 4 rings (SSSR count). The summed E-state index contributed by atoms with van der Waals surface area (Å²) in [5, 5.41) is 7.75. The van der Waals surface area contributed by atoms with Gasteiger partial charge in [0.05, 0.1) is 9.99 Å². The third-order valence-corrected chi connectivity index (χ3v) is 5.77. The van der Waals surface area contributed by atoms with E-state index in [1.807, 2.05) is 6.07 Å². The van der Waals surface area contributed by atoms with E-state index >= 15 is 0 Å². The van der Waals surface area contributed by atoms with Crippen LogP contribution in [0.4, 0.5) is 0 Å². The molecule has 6 heteroatoms. The second-order valence-corrected chi connectivity index (χ2v) is 7.47.